The highest BCUT2D eigenvalue weighted by molar-refractivity contribution is 5.94. The standard InChI is InChI=1S/C25H26N2O5/c1-14-9-19(15(2)26-21-6-4-3-5-18(21)25(29)30)24-20(10-14)22(28)11-23(32-24)27-12-16-7-8-17(13-27)31-16/h3-6,9-11,15-17,26H,7-8,12-13H2,1-2H3,(H,29,30). The maximum Gasteiger partial charge on any atom is 0.337 e. The van der Waals surface area contributed by atoms with Gasteiger partial charge in [0.2, 0.25) is 0 Å². The number of nitrogens with one attached hydrogen (secondary N) is 1. The molecule has 0 saturated carbocycles. The minimum atomic E-state index is -0.995. The van der Waals surface area contributed by atoms with E-state index in [1.165, 1.54) is 0 Å². The van der Waals surface area contributed by atoms with E-state index in [1.54, 1.807) is 30.3 Å². The molecule has 0 spiro atoms. The van der Waals surface area contributed by atoms with Crippen LogP contribution in [0, 0.1) is 6.92 Å². The van der Waals surface area contributed by atoms with E-state index < -0.39 is 5.97 Å². The van der Waals surface area contributed by atoms with Crippen LogP contribution in [-0.4, -0.2) is 36.4 Å². The Morgan fingerprint density at radius 2 is 1.88 bits per heavy atom. The summed E-state index contributed by atoms with van der Waals surface area (Å²) in [6.45, 7) is 5.31. The summed E-state index contributed by atoms with van der Waals surface area (Å²) in [5.74, 6) is -0.434. The fourth-order valence-electron chi connectivity index (χ4n) is 4.80. The van der Waals surface area contributed by atoms with Crippen molar-refractivity contribution in [3.8, 4) is 0 Å². The number of nitrogens with zero attached hydrogens (tertiary/aromatic N) is 1. The Morgan fingerprint density at radius 3 is 2.59 bits per heavy atom. The van der Waals surface area contributed by atoms with Crippen molar-refractivity contribution in [1.82, 2.24) is 0 Å². The number of morpholine rings is 1. The third-order valence-corrected chi connectivity index (χ3v) is 6.34. The van der Waals surface area contributed by atoms with Gasteiger partial charge in [0.1, 0.15) is 5.58 Å². The maximum atomic E-state index is 13.0. The number of hydrogen-bond acceptors (Lipinski definition) is 6. The molecule has 7 nitrogen and oxygen atoms in total. The number of anilines is 2. The van der Waals surface area contributed by atoms with Gasteiger partial charge in [-0.25, -0.2) is 4.79 Å². The van der Waals surface area contributed by atoms with Crippen molar-refractivity contribution in [2.45, 2.75) is 44.9 Å². The van der Waals surface area contributed by atoms with Crippen LogP contribution in [0.2, 0.25) is 0 Å². The molecular formula is C25H26N2O5. The first-order valence-corrected chi connectivity index (χ1v) is 11.0. The molecule has 3 atom stereocenters. The lowest BCUT2D eigenvalue weighted by molar-refractivity contribution is 0.0291. The van der Waals surface area contributed by atoms with Gasteiger partial charge in [0.05, 0.1) is 29.2 Å². The number of carboxylic acid groups (broad SMARTS) is 1. The van der Waals surface area contributed by atoms with Crippen LogP contribution in [0.4, 0.5) is 11.6 Å². The van der Waals surface area contributed by atoms with Gasteiger partial charge in [-0.15, -0.1) is 0 Å². The zero-order chi connectivity index (χ0) is 22.4. The first-order chi connectivity index (χ1) is 15.4. The van der Waals surface area contributed by atoms with Gasteiger partial charge in [0, 0.05) is 30.4 Å². The summed E-state index contributed by atoms with van der Waals surface area (Å²) in [6, 6.07) is 11.9. The summed E-state index contributed by atoms with van der Waals surface area (Å²) in [5.41, 5.74) is 2.92. The summed E-state index contributed by atoms with van der Waals surface area (Å²) >= 11 is 0. The van der Waals surface area contributed by atoms with Crippen LogP contribution in [0.1, 0.15) is 47.3 Å². The van der Waals surface area contributed by atoms with Gasteiger partial charge < -0.3 is 24.5 Å². The molecule has 0 aliphatic carbocycles. The second kappa shape index (κ2) is 7.98. The second-order valence-electron chi connectivity index (χ2n) is 8.76. The zero-order valence-electron chi connectivity index (χ0n) is 18.1. The fraction of sp³-hybridized carbons (Fsp3) is 0.360. The quantitative estimate of drug-likeness (QED) is 0.617. The Morgan fingerprint density at radius 1 is 1.16 bits per heavy atom. The third kappa shape index (κ3) is 3.73. The summed E-state index contributed by atoms with van der Waals surface area (Å²) in [4.78, 5) is 26.8. The van der Waals surface area contributed by atoms with Gasteiger partial charge in [-0.2, -0.15) is 0 Å². The number of aromatic carboxylic acids is 1. The van der Waals surface area contributed by atoms with E-state index in [9.17, 15) is 14.7 Å². The average molecular weight is 434 g/mol. The molecule has 0 amide bonds. The van der Waals surface area contributed by atoms with E-state index in [-0.39, 0.29) is 29.2 Å². The van der Waals surface area contributed by atoms with Crippen molar-refractivity contribution in [2.24, 2.45) is 0 Å². The molecule has 3 unspecified atom stereocenters. The average Bonchev–Trinajstić information content (AvgIpc) is 3.11. The first-order valence-electron chi connectivity index (χ1n) is 11.0. The van der Waals surface area contributed by atoms with Crippen LogP contribution in [0.25, 0.3) is 11.0 Å². The Bertz CT molecular complexity index is 1240. The molecule has 32 heavy (non-hydrogen) atoms. The number of fused-ring (bicyclic) bond motifs is 3. The Labute approximate surface area is 185 Å². The monoisotopic (exact) mass is 434 g/mol. The van der Waals surface area contributed by atoms with Crippen LogP contribution in [0.5, 0.6) is 0 Å². The third-order valence-electron chi connectivity index (χ3n) is 6.34. The Hall–Kier alpha value is -3.32. The lowest BCUT2D eigenvalue weighted by Crippen LogP contribution is -2.42. The SMILES string of the molecule is Cc1cc(C(C)Nc2ccccc2C(=O)O)c2oc(N3CC4CCC(C3)O4)cc(=O)c2c1. The molecule has 2 bridgehead atoms. The van der Waals surface area contributed by atoms with Crippen molar-refractivity contribution in [3.05, 3.63) is 69.4 Å². The van der Waals surface area contributed by atoms with E-state index in [0.29, 0.717) is 35.6 Å². The van der Waals surface area contributed by atoms with Crippen LogP contribution in [-0.2, 0) is 4.74 Å². The molecule has 3 heterocycles. The molecule has 2 aliphatic heterocycles. The molecule has 2 saturated heterocycles. The minimum Gasteiger partial charge on any atom is -0.478 e. The van der Waals surface area contributed by atoms with Crippen molar-refractivity contribution in [1.29, 1.82) is 0 Å². The van der Waals surface area contributed by atoms with Gasteiger partial charge >= 0.3 is 5.97 Å². The highest BCUT2D eigenvalue weighted by atomic mass is 16.5. The molecule has 2 fully saturated rings. The lowest BCUT2D eigenvalue weighted by Gasteiger charge is -2.32. The van der Waals surface area contributed by atoms with Crippen LogP contribution < -0.4 is 15.6 Å². The molecule has 7 heteroatoms. The number of aryl methyl sites for hydroxylation is 1. The van der Waals surface area contributed by atoms with Crippen molar-refractivity contribution in [2.75, 3.05) is 23.3 Å². The number of hydrogen-bond donors (Lipinski definition) is 2. The van der Waals surface area contributed by atoms with E-state index >= 15 is 0 Å². The topological polar surface area (TPSA) is 92.0 Å². The molecule has 0 radical (unpaired) electrons. The predicted octanol–water partition coefficient (Wildman–Crippen LogP) is 4.34. The summed E-state index contributed by atoms with van der Waals surface area (Å²) < 4.78 is 12.3. The van der Waals surface area contributed by atoms with Crippen molar-refractivity contribution in [3.63, 3.8) is 0 Å². The highest BCUT2D eigenvalue weighted by Gasteiger charge is 2.35. The summed E-state index contributed by atoms with van der Waals surface area (Å²) in [7, 11) is 0. The predicted molar refractivity (Wildman–Crippen MR) is 123 cm³/mol. The number of benzene rings is 2. The van der Waals surface area contributed by atoms with Crippen LogP contribution in [0.15, 0.2) is 51.7 Å². The number of carboxylic acids is 1. The van der Waals surface area contributed by atoms with Gasteiger partial charge in [-0.05, 0) is 50.5 Å². The molecule has 1 aromatic heterocycles. The van der Waals surface area contributed by atoms with Crippen LogP contribution >= 0.6 is 0 Å². The van der Waals surface area contributed by atoms with E-state index in [1.807, 2.05) is 26.0 Å². The van der Waals surface area contributed by atoms with E-state index in [2.05, 4.69) is 10.2 Å². The van der Waals surface area contributed by atoms with E-state index in [4.69, 9.17) is 9.15 Å². The van der Waals surface area contributed by atoms with Gasteiger partial charge in [-0.1, -0.05) is 18.2 Å². The summed E-state index contributed by atoms with van der Waals surface area (Å²) in [6.07, 6.45) is 2.43. The number of carbonyl (C=O) groups is 1. The lowest BCUT2D eigenvalue weighted by atomic mass is 10.0. The van der Waals surface area contributed by atoms with Gasteiger partial charge in [0.25, 0.3) is 0 Å². The summed E-state index contributed by atoms with van der Waals surface area (Å²) in [5, 5.41) is 13.3. The number of para-hydroxylation sites is 1. The Kier molecular flexibility index (Phi) is 5.13. The van der Waals surface area contributed by atoms with E-state index in [0.717, 1.165) is 24.0 Å². The highest BCUT2D eigenvalue weighted by Crippen LogP contribution is 2.33. The van der Waals surface area contributed by atoms with Gasteiger partial charge in [0.15, 0.2) is 11.3 Å². The smallest absolute Gasteiger partial charge is 0.337 e. The first kappa shape index (κ1) is 20.6. The molecule has 3 aromatic rings. The fourth-order valence-corrected chi connectivity index (χ4v) is 4.80. The largest absolute Gasteiger partial charge is 0.478 e. The molecule has 2 aliphatic rings. The molecule has 166 valence electrons. The molecular weight excluding hydrogens is 408 g/mol. The second-order valence-corrected chi connectivity index (χ2v) is 8.76. The maximum absolute atomic E-state index is 13.0. The normalized spacial score (nSPS) is 21.0. The molecule has 2 N–H and O–H groups in total. The van der Waals surface area contributed by atoms with Crippen LogP contribution in [0.3, 0.4) is 0 Å². The van der Waals surface area contributed by atoms with Crippen molar-refractivity contribution < 1.29 is 19.1 Å². The number of rotatable bonds is 5. The molecule has 5 rings (SSSR count). The van der Waals surface area contributed by atoms with Crippen molar-refractivity contribution >= 4 is 28.5 Å². The Balaban J connectivity index is 1.56. The van der Waals surface area contributed by atoms with Gasteiger partial charge in [-0.3, -0.25) is 4.79 Å². The zero-order valence-corrected chi connectivity index (χ0v) is 18.1. The minimum absolute atomic E-state index is 0.0804. The molecule has 2 aromatic carbocycles. The number of ether oxygens (including phenoxy) is 1.